The first-order chi connectivity index (χ1) is 10.1. The van der Waals surface area contributed by atoms with Gasteiger partial charge in [-0.25, -0.2) is 4.99 Å². The molecule has 5 heteroatoms. The van der Waals surface area contributed by atoms with Crippen molar-refractivity contribution in [3.05, 3.63) is 29.3 Å². The molecule has 22 heavy (non-hydrogen) atoms. The minimum absolute atomic E-state index is 0. The molecule has 0 aliphatic heterocycles. The van der Waals surface area contributed by atoms with E-state index in [0.717, 1.165) is 29.7 Å². The Labute approximate surface area is 151 Å². The number of ether oxygens (including phenoxy) is 1. The van der Waals surface area contributed by atoms with Gasteiger partial charge in [-0.1, -0.05) is 19.1 Å². The highest BCUT2D eigenvalue weighted by atomic mass is 127. The normalized spacial score (nSPS) is 20.1. The molecule has 0 bridgehead atoms. The van der Waals surface area contributed by atoms with Crippen molar-refractivity contribution in [1.29, 1.82) is 0 Å². The van der Waals surface area contributed by atoms with Crippen LogP contribution in [0.15, 0.2) is 23.2 Å². The van der Waals surface area contributed by atoms with Crippen molar-refractivity contribution in [3.63, 3.8) is 0 Å². The van der Waals surface area contributed by atoms with E-state index < -0.39 is 0 Å². The minimum atomic E-state index is 0. The van der Waals surface area contributed by atoms with Crippen LogP contribution in [0.5, 0.6) is 5.75 Å². The molecule has 2 atom stereocenters. The van der Waals surface area contributed by atoms with Crippen LogP contribution in [-0.2, 0) is 6.54 Å². The number of guanidine groups is 1. The quantitative estimate of drug-likeness (QED) is 0.423. The molecule has 1 aliphatic carbocycles. The van der Waals surface area contributed by atoms with Gasteiger partial charge in [-0.2, -0.15) is 0 Å². The first kappa shape index (κ1) is 19.1. The van der Waals surface area contributed by atoms with Crippen molar-refractivity contribution < 1.29 is 4.74 Å². The molecule has 2 unspecified atom stereocenters. The van der Waals surface area contributed by atoms with Crippen LogP contribution >= 0.6 is 24.0 Å². The van der Waals surface area contributed by atoms with Crippen LogP contribution in [0, 0.1) is 12.8 Å². The van der Waals surface area contributed by atoms with E-state index in [9.17, 15) is 0 Å². The number of benzene rings is 1. The molecule has 1 aliphatic rings. The Kier molecular flexibility index (Phi) is 8.00. The summed E-state index contributed by atoms with van der Waals surface area (Å²) in [6, 6.07) is 6.87. The van der Waals surface area contributed by atoms with Crippen LogP contribution in [0.25, 0.3) is 0 Å². The highest BCUT2D eigenvalue weighted by Crippen LogP contribution is 2.28. The van der Waals surface area contributed by atoms with Crippen LogP contribution in [0.3, 0.4) is 0 Å². The molecular weight excluding hydrogens is 389 g/mol. The Morgan fingerprint density at radius 2 is 2.09 bits per heavy atom. The molecule has 124 valence electrons. The Balaban J connectivity index is 0.00000242. The number of hydrogen-bond acceptors (Lipinski definition) is 2. The zero-order chi connectivity index (χ0) is 15.2. The van der Waals surface area contributed by atoms with Crippen molar-refractivity contribution in [2.75, 3.05) is 13.2 Å². The largest absolute Gasteiger partial charge is 0.494 e. The molecule has 0 radical (unpaired) electrons. The summed E-state index contributed by atoms with van der Waals surface area (Å²) in [4.78, 5) is 4.69. The van der Waals surface area contributed by atoms with E-state index in [1.807, 2.05) is 6.92 Å². The number of nitrogens with zero attached hydrogens (tertiary/aromatic N) is 1. The van der Waals surface area contributed by atoms with Gasteiger partial charge in [0.2, 0.25) is 0 Å². The second kappa shape index (κ2) is 9.22. The van der Waals surface area contributed by atoms with Gasteiger partial charge in [0, 0.05) is 18.2 Å². The number of aliphatic imine (C=N–C) groups is 1. The van der Waals surface area contributed by atoms with Crippen LogP contribution in [0.1, 0.15) is 38.3 Å². The lowest BCUT2D eigenvalue weighted by molar-refractivity contribution is 0.336. The fourth-order valence-corrected chi connectivity index (χ4v) is 2.27. The van der Waals surface area contributed by atoms with Gasteiger partial charge < -0.3 is 15.4 Å². The zero-order valence-electron chi connectivity index (χ0n) is 14.0. The molecule has 1 fully saturated rings. The second-order valence-electron chi connectivity index (χ2n) is 5.70. The molecule has 0 spiro atoms. The molecule has 1 aromatic rings. The molecule has 2 N–H and O–H groups in total. The molecule has 0 saturated heterocycles. The van der Waals surface area contributed by atoms with Crippen molar-refractivity contribution in [2.24, 2.45) is 10.9 Å². The molecule has 2 rings (SSSR count). The fourth-order valence-electron chi connectivity index (χ4n) is 2.27. The topological polar surface area (TPSA) is 45.7 Å². The molecule has 1 aromatic carbocycles. The van der Waals surface area contributed by atoms with Crippen LogP contribution in [0.2, 0.25) is 0 Å². The summed E-state index contributed by atoms with van der Waals surface area (Å²) >= 11 is 0. The van der Waals surface area contributed by atoms with E-state index in [1.54, 1.807) is 0 Å². The van der Waals surface area contributed by atoms with Gasteiger partial charge in [-0.3, -0.25) is 0 Å². The lowest BCUT2D eigenvalue weighted by Crippen LogP contribution is -2.39. The number of rotatable bonds is 6. The van der Waals surface area contributed by atoms with E-state index in [-0.39, 0.29) is 24.0 Å². The fraction of sp³-hybridized carbons (Fsp3) is 0.588. The minimum Gasteiger partial charge on any atom is -0.494 e. The second-order valence-corrected chi connectivity index (χ2v) is 5.70. The van der Waals surface area contributed by atoms with Crippen LogP contribution in [0.4, 0.5) is 0 Å². The third-order valence-corrected chi connectivity index (χ3v) is 3.71. The Bertz CT molecular complexity index is 505. The highest BCUT2D eigenvalue weighted by molar-refractivity contribution is 14.0. The van der Waals surface area contributed by atoms with Crippen molar-refractivity contribution in [1.82, 2.24) is 10.6 Å². The van der Waals surface area contributed by atoms with Crippen molar-refractivity contribution in [2.45, 2.75) is 46.7 Å². The molecule has 1 saturated carbocycles. The summed E-state index contributed by atoms with van der Waals surface area (Å²) in [5.74, 6) is 2.60. The number of nitrogens with one attached hydrogen (secondary N) is 2. The summed E-state index contributed by atoms with van der Waals surface area (Å²) in [5, 5.41) is 6.78. The van der Waals surface area contributed by atoms with Crippen molar-refractivity contribution in [3.8, 4) is 5.75 Å². The zero-order valence-corrected chi connectivity index (χ0v) is 16.3. The maximum absolute atomic E-state index is 5.71. The third kappa shape index (κ3) is 5.66. The Morgan fingerprint density at radius 3 is 2.68 bits per heavy atom. The summed E-state index contributed by atoms with van der Waals surface area (Å²) in [6.07, 6.45) is 1.24. The average molecular weight is 417 g/mol. The molecule has 0 heterocycles. The van der Waals surface area contributed by atoms with Gasteiger partial charge in [0.05, 0.1) is 13.2 Å². The smallest absolute Gasteiger partial charge is 0.191 e. The first-order valence-electron chi connectivity index (χ1n) is 7.91. The third-order valence-electron chi connectivity index (χ3n) is 3.71. The predicted octanol–water partition coefficient (Wildman–Crippen LogP) is 3.48. The molecule has 0 amide bonds. The van der Waals surface area contributed by atoms with Gasteiger partial charge >= 0.3 is 0 Å². The maximum Gasteiger partial charge on any atom is 0.191 e. The predicted molar refractivity (Wildman–Crippen MR) is 103 cm³/mol. The number of halogens is 1. The lowest BCUT2D eigenvalue weighted by atomic mass is 10.1. The lowest BCUT2D eigenvalue weighted by Gasteiger charge is -2.13. The SMILES string of the molecule is CCNC(=NCc1ccc(C)cc1OCC)NC1CC1C.I. The summed E-state index contributed by atoms with van der Waals surface area (Å²) < 4.78 is 5.71. The van der Waals surface area contributed by atoms with E-state index in [0.29, 0.717) is 19.2 Å². The van der Waals surface area contributed by atoms with Gasteiger partial charge in [0.1, 0.15) is 5.75 Å². The summed E-state index contributed by atoms with van der Waals surface area (Å²) in [7, 11) is 0. The summed E-state index contributed by atoms with van der Waals surface area (Å²) in [5.41, 5.74) is 2.34. The molecule has 4 nitrogen and oxygen atoms in total. The summed E-state index contributed by atoms with van der Waals surface area (Å²) in [6.45, 7) is 10.6. The van der Waals surface area contributed by atoms with Crippen LogP contribution in [-0.4, -0.2) is 25.2 Å². The highest BCUT2D eigenvalue weighted by Gasteiger charge is 2.33. The first-order valence-corrected chi connectivity index (χ1v) is 7.91. The monoisotopic (exact) mass is 417 g/mol. The van der Waals surface area contributed by atoms with Gasteiger partial charge in [0.15, 0.2) is 5.96 Å². The van der Waals surface area contributed by atoms with Crippen molar-refractivity contribution >= 4 is 29.9 Å². The van der Waals surface area contributed by atoms with Gasteiger partial charge in [-0.05, 0) is 44.7 Å². The van der Waals surface area contributed by atoms with Gasteiger partial charge in [0.25, 0.3) is 0 Å². The Hall–Kier alpha value is -0.980. The van der Waals surface area contributed by atoms with Crippen LogP contribution < -0.4 is 15.4 Å². The standard InChI is InChI=1S/C17H27N3O.HI/c1-5-18-17(20-15-10-13(15)4)19-11-14-8-7-12(3)9-16(14)21-6-2;/h7-9,13,15H,5-6,10-11H2,1-4H3,(H2,18,19,20);1H. The molecular formula is C17H28IN3O. The number of aryl methyl sites for hydroxylation is 1. The van der Waals surface area contributed by atoms with E-state index >= 15 is 0 Å². The maximum atomic E-state index is 5.71. The number of hydrogen-bond donors (Lipinski definition) is 2. The average Bonchev–Trinajstić information content (AvgIpc) is 3.13. The van der Waals surface area contributed by atoms with Gasteiger partial charge in [-0.15, -0.1) is 24.0 Å². The molecule has 0 aromatic heterocycles. The Morgan fingerprint density at radius 1 is 1.36 bits per heavy atom. The van der Waals surface area contributed by atoms with E-state index in [4.69, 9.17) is 4.74 Å². The van der Waals surface area contributed by atoms with E-state index in [1.165, 1.54) is 12.0 Å². The van der Waals surface area contributed by atoms with E-state index in [2.05, 4.69) is 54.6 Å².